The number of halogens is 3. The monoisotopic (exact) mass is 605 g/mol. The van der Waals surface area contributed by atoms with E-state index in [1.54, 1.807) is 0 Å². The smallest absolute Gasteiger partial charge is 0.416 e. The van der Waals surface area contributed by atoms with Gasteiger partial charge < -0.3 is 29.7 Å². The van der Waals surface area contributed by atoms with Crippen molar-refractivity contribution in [2.75, 3.05) is 32.7 Å². The van der Waals surface area contributed by atoms with Gasteiger partial charge in [0.1, 0.15) is 17.9 Å². The lowest BCUT2D eigenvalue weighted by atomic mass is 9.72. The van der Waals surface area contributed by atoms with E-state index in [-0.39, 0.29) is 23.8 Å². The third-order valence-corrected chi connectivity index (χ3v) is 8.50. The topological polar surface area (TPSA) is 91.3 Å². The van der Waals surface area contributed by atoms with E-state index >= 15 is 0 Å². The third-order valence-electron chi connectivity index (χ3n) is 8.50. The van der Waals surface area contributed by atoms with Crippen LogP contribution >= 0.6 is 0 Å². The van der Waals surface area contributed by atoms with Gasteiger partial charge in [0.2, 0.25) is 0 Å². The first-order valence-electron chi connectivity index (χ1n) is 14.6. The Morgan fingerprint density at radius 1 is 1.12 bits per heavy atom. The predicted molar refractivity (Wildman–Crippen MR) is 157 cm³/mol. The number of carbonyl (C=O) groups is 2. The third kappa shape index (κ3) is 6.77. The minimum absolute atomic E-state index is 0.0424. The molecule has 2 saturated heterocycles. The number of ether oxygens (including phenoxy) is 2. The number of amides is 1. The Bertz CT molecular complexity index is 1300. The van der Waals surface area contributed by atoms with E-state index in [0.29, 0.717) is 13.0 Å². The van der Waals surface area contributed by atoms with Crippen LogP contribution in [-0.2, 0) is 27.0 Å². The Balaban J connectivity index is 1.89. The molecule has 0 saturated carbocycles. The zero-order valence-electron chi connectivity index (χ0n) is 25.6. The number of nitrogens with zero attached hydrogens (tertiary/aromatic N) is 2. The number of likely N-dealkylation sites (tertiary alicyclic amines) is 1. The second-order valence-corrected chi connectivity index (χ2v) is 12.6. The summed E-state index contributed by atoms with van der Waals surface area (Å²) in [6.45, 7) is 6.15. The van der Waals surface area contributed by atoms with E-state index in [1.807, 2.05) is 64.0 Å². The summed E-state index contributed by atoms with van der Waals surface area (Å²) in [4.78, 5) is 30.8. The van der Waals surface area contributed by atoms with E-state index in [1.165, 1.54) is 18.1 Å². The van der Waals surface area contributed by atoms with Gasteiger partial charge in [0.25, 0.3) is 5.91 Å². The van der Waals surface area contributed by atoms with E-state index in [2.05, 4.69) is 5.32 Å². The molecule has 2 aliphatic rings. The molecule has 0 radical (unpaired) electrons. The Morgan fingerprint density at radius 2 is 1.81 bits per heavy atom. The highest BCUT2D eigenvalue weighted by Crippen LogP contribution is 2.50. The first-order chi connectivity index (χ1) is 20.2. The average molecular weight is 606 g/mol. The molecule has 0 aliphatic carbocycles. The molecule has 236 valence electrons. The molecule has 0 spiro atoms. The molecule has 2 aromatic carbocycles. The summed E-state index contributed by atoms with van der Waals surface area (Å²) in [7, 11) is 5.13. The van der Waals surface area contributed by atoms with Gasteiger partial charge in [-0.15, -0.1) is 0 Å². The molecule has 0 bridgehead atoms. The van der Waals surface area contributed by atoms with E-state index in [0.717, 1.165) is 36.2 Å². The number of aliphatic carboxylic acids is 1. The van der Waals surface area contributed by atoms with E-state index < -0.39 is 53.3 Å². The fourth-order valence-corrected chi connectivity index (χ4v) is 6.62. The van der Waals surface area contributed by atoms with Crippen LogP contribution in [0.4, 0.5) is 18.9 Å². The van der Waals surface area contributed by atoms with Gasteiger partial charge in [-0.3, -0.25) is 4.79 Å². The number of benzene rings is 2. The maximum absolute atomic E-state index is 14.3. The second-order valence-electron chi connectivity index (χ2n) is 12.6. The molecule has 43 heavy (non-hydrogen) atoms. The van der Waals surface area contributed by atoms with Crippen LogP contribution in [-0.4, -0.2) is 67.9 Å². The maximum atomic E-state index is 14.3. The number of carboxylic acid groups (broad SMARTS) is 1. The van der Waals surface area contributed by atoms with Crippen molar-refractivity contribution in [2.24, 2.45) is 11.3 Å². The second kappa shape index (κ2) is 12.7. The number of carbonyl (C=O) groups excluding carboxylic acids is 1. The molecule has 2 fully saturated rings. The lowest BCUT2D eigenvalue weighted by molar-refractivity contribution is -0.159. The van der Waals surface area contributed by atoms with E-state index in [9.17, 15) is 27.9 Å². The Morgan fingerprint density at radius 3 is 2.37 bits per heavy atom. The van der Waals surface area contributed by atoms with Gasteiger partial charge in [0.05, 0.1) is 18.7 Å². The summed E-state index contributed by atoms with van der Waals surface area (Å²) >= 11 is 0. The number of hydrogen-bond acceptors (Lipinski definition) is 6. The quantitative estimate of drug-likeness (QED) is 0.410. The number of anilines is 1. The van der Waals surface area contributed by atoms with Crippen molar-refractivity contribution in [3.05, 3.63) is 59.2 Å². The highest BCUT2D eigenvalue weighted by molar-refractivity contribution is 5.88. The maximum Gasteiger partial charge on any atom is 0.416 e. The summed E-state index contributed by atoms with van der Waals surface area (Å²) in [5.41, 5.74) is 0.386. The molecular weight excluding hydrogens is 563 g/mol. The van der Waals surface area contributed by atoms with Crippen LogP contribution in [0.2, 0.25) is 0 Å². The normalized spacial score (nSPS) is 24.6. The molecule has 8 nitrogen and oxygen atoms in total. The largest absolute Gasteiger partial charge is 0.496 e. The molecule has 2 aliphatic heterocycles. The number of rotatable bonds is 8. The van der Waals surface area contributed by atoms with Crippen molar-refractivity contribution >= 4 is 17.6 Å². The van der Waals surface area contributed by atoms with Crippen molar-refractivity contribution in [1.29, 1.82) is 0 Å². The van der Waals surface area contributed by atoms with Crippen LogP contribution in [0.15, 0.2) is 42.5 Å². The zero-order chi connectivity index (χ0) is 31.7. The molecule has 5 unspecified atom stereocenters. The fraction of sp³-hybridized carbons (Fsp3) is 0.562. The average Bonchev–Trinajstić information content (AvgIpc) is 3.31. The Hall–Kier alpha value is -3.31. The predicted octanol–water partition coefficient (Wildman–Crippen LogP) is 5.51. The van der Waals surface area contributed by atoms with Crippen LogP contribution in [0.5, 0.6) is 5.75 Å². The van der Waals surface area contributed by atoms with Crippen molar-refractivity contribution < 1.29 is 37.3 Å². The zero-order valence-corrected chi connectivity index (χ0v) is 25.6. The molecule has 0 aromatic heterocycles. The van der Waals surface area contributed by atoms with Crippen molar-refractivity contribution in [3.63, 3.8) is 0 Å². The number of methoxy groups -OCH3 is 1. The molecule has 1 amide bonds. The SMILES string of the molecule is COc1ccc(C(F)(F)F)cc1CNC1C(c2ccccc2N(C)C)N(C(=O)C2CCCCO2)C(C(=O)O)C1C(C)(C)C. The lowest BCUT2D eigenvalue weighted by Gasteiger charge is -2.36. The molecule has 2 heterocycles. The van der Waals surface area contributed by atoms with Gasteiger partial charge in [-0.1, -0.05) is 39.0 Å². The van der Waals surface area contributed by atoms with Crippen LogP contribution in [0, 0.1) is 11.3 Å². The summed E-state index contributed by atoms with van der Waals surface area (Å²) in [6, 6.07) is 8.19. The molecule has 11 heteroatoms. The van der Waals surface area contributed by atoms with Gasteiger partial charge in [-0.05, 0) is 54.5 Å². The van der Waals surface area contributed by atoms with Gasteiger partial charge in [0, 0.05) is 50.5 Å². The van der Waals surface area contributed by atoms with Crippen molar-refractivity contribution in [2.45, 2.75) is 77.0 Å². The standard InChI is InChI=1S/C32H42F3N3O5/c1-31(2,3)25-26(36-18-19-17-20(32(33,34)35)14-15-23(19)42-6)27(21-11-7-8-12-22(21)37(4)5)38(28(25)30(40)41)29(39)24-13-9-10-16-43-24/h7-8,11-12,14-15,17,24-28,36H,9-10,13,16,18H2,1-6H3,(H,40,41). The number of nitrogens with one attached hydrogen (secondary N) is 1. The molecule has 4 rings (SSSR count). The highest BCUT2D eigenvalue weighted by Gasteiger charge is 2.59. The van der Waals surface area contributed by atoms with Crippen molar-refractivity contribution in [1.82, 2.24) is 10.2 Å². The molecule has 2 N–H and O–H groups in total. The summed E-state index contributed by atoms with van der Waals surface area (Å²) in [5.74, 6) is -1.87. The van der Waals surface area contributed by atoms with Crippen LogP contribution in [0.1, 0.15) is 62.8 Å². The summed E-state index contributed by atoms with van der Waals surface area (Å²) < 4.78 is 52.2. The summed E-state index contributed by atoms with van der Waals surface area (Å²) in [6.07, 6.45) is -3.21. The summed E-state index contributed by atoms with van der Waals surface area (Å²) in [5, 5.41) is 14.1. The van der Waals surface area contributed by atoms with Gasteiger partial charge in [-0.25, -0.2) is 4.79 Å². The first-order valence-corrected chi connectivity index (χ1v) is 14.6. The van der Waals surface area contributed by atoms with Crippen LogP contribution < -0.4 is 15.0 Å². The number of para-hydroxylation sites is 1. The van der Waals surface area contributed by atoms with E-state index in [4.69, 9.17) is 9.47 Å². The van der Waals surface area contributed by atoms with Gasteiger partial charge in [0.15, 0.2) is 0 Å². The number of alkyl halides is 3. The number of carboxylic acids is 1. The fourth-order valence-electron chi connectivity index (χ4n) is 6.62. The first kappa shape index (κ1) is 32.6. The molecular formula is C32H42F3N3O5. The minimum atomic E-state index is -4.55. The minimum Gasteiger partial charge on any atom is -0.496 e. The number of hydrogen-bond donors (Lipinski definition) is 2. The molecule has 5 atom stereocenters. The molecule has 2 aromatic rings. The van der Waals surface area contributed by atoms with Crippen LogP contribution in [0.25, 0.3) is 0 Å². The lowest BCUT2D eigenvalue weighted by Crippen LogP contribution is -2.51. The van der Waals surface area contributed by atoms with Gasteiger partial charge in [-0.2, -0.15) is 13.2 Å². The van der Waals surface area contributed by atoms with Gasteiger partial charge >= 0.3 is 12.1 Å². The van der Waals surface area contributed by atoms with Crippen molar-refractivity contribution in [3.8, 4) is 5.75 Å². The Labute approximate surface area is 251 Å². The van der Waals surface area contributed by atoms with Crippen LogP contribution in [0.3, 0.4) is 0 Å². The highest BCUT2D eigenvalue weighted by atomic mass is 19.4. The Kier molecular flexibility index (Phi) is 9.66.